The van der Waals surface area contributed by atoms with E-state index in [1.54, 1.807) is 27.4 Å². The standard InChI is InChI=1S/C23H28O7/c1-8-9-23-12-17(27-5)19(24)21(29-7)22(23)30-13(2)18(23)14-10-15(25-3)20(28-6)16(11-14)26-4/h8,10-13,18H,1,9H2,2-7H3/t13-,18+,23+/m0/s1. The van der Waals surface area contributed by atoms with E-state index in [-0.39, 0.29) is 29.3 Å². The summed E-state index contributed by atoms with van der Waals surface area (Å²) in [5, 5.41) is 0. The van der Waals surface area contributed by atoms with Crippen LogP contribution in [-0.2, 0) is 19.0 Å². The van der Waals surface area contributed by atoms with E-state index in [1.807, 2.05) is 25.1 Å². The van der Waals surface area contributed by atoms with E-state index in [9.17, 15) is 4.79 Å². The molecule has 1 fully saturated rings. The summed E-state index contributed by atoms with van der Waals surface area (Å²) in [6, 6.07) is 3.81. The Morgan fingerprint density at radius 3 is 2.13 bits per heavy atom. The molecule has 0 spiro atoms. The molecule has 7 heteroatoms. The van der Waals surface area contributed by atoms with E-state index in [1.165, 1.54) is 14.2 Å². The molecule has 30 heavy (non-hydrogen) atoms. The average molecular weight is 416 g/mol. The first-order valence-electron chi connectivity index (χ1n) is 9.60. The molecule has 3 rings (SSSR count). The second kappa shape index (κ2) is 8.34. The molecule has 7 nitrogen and oxygen atoms in total. The first-order valence-corrected chi connectivity index (χ1v) is 9.60. The smallest absolute Gasteiger partial charge is 0.265 e. The minimum Gasteiger partial charge on any atom is -0.493 e. The van der Waals surface area contributed by atoms with E-state index in [0.717, 1.165) is 5.56 Å². The second-order valence-electron chi connectivity index (χ2n) is 7.20. The lowest BCUT2D eigenvalue weighted by atomic mass is 9.66. The summed E-state index contributed by atoms with van der Waals surface area (Å²) in [6.45, 7) is 5.90. The van der Waals surface area contributed by atoms with Gasteiger partial charge in [0.25, 0.3) is 5.78 Å². The maximum absolute atomic E-state index is 12.8. The number of rotatable bonds is 8. The van der Waals surface area contributed by atoms with Gasteiger partial charge < -0.3 is 28.4 Å². The normalized spacial score (nSPS) is 25.1. The van der Waals surface area contributed by atoms with Gasteiger partial charge in [-0.2, -0.15) is 0 Å². The van der Waals surface area contributed by atoms with Gasteiger partial charge in [0.15, 0.2) is 23.0 Å². The van der Waals surface area contributed by atoms with Crippen LogP contribution in [0.3, 0.4) is 0 Å². The summed E-state index contributed by atoms with van der Waals surface area (Å²) >= 11 is 0. The van der Waals surface area contributed by atoms with Gasteiger partial charge in [0, 0.05) is 5.92 Å². The zero-order valence-electron chi connectivity index (χ0n) is 18.2. The van der Waals surface area contributed by atoms with Gasteiger partial charge in [-0.1, -0.05) is 6.08 Å². The third-order valence-electron chi connectivity index (χ3n) is 5.73. The maximum Gasteiger partial charge on any atom is 0.265 e. The van der Waals surface area contributed by atoms with Crippen molar-refractivity contribution in [3.05, 3.63) is 53.7 Å². The number of methoxy groups -OCH3 is 5. The number of allylic oxidation sites excluding steroid dienone is 2. The third kappa shape index (κ3) is 3.09. The van der Waals surface area contributed by atoms with Crippen LogP contribution in [0.1, 0.15) is 24.8 Å². The highest BCUT2D eigenvalue weighted by molar-refractivity contribution is 6.07. The molecule has 1 heterocycles. The quantitative estimate of drug-likeness (QED) is 0.598. The largest absolute Gasteiger partial charge is 0.493 e. The molecular weight excluding hydrogens is 388 g/mol. The fraction of sp³-hybridized carbons (Fsp3) is 0.435. The monoisotopic (exact) mass is 416 g/mol. The van der Waals surface area contributed by atoms with Crippen LogP contribution in [0.2, 0.25) is 0 Å². The van der Waals surface area contributed by atoms with E-state index >= 15 is 0 Å². The van der Waals surface area contributed by atoms with Crippen molar-refractivity contribution in [2.75, 3.05) is 35.5 Å². The predicted molar refractivity (Wildman–Crippen MR) is 111 cm³/mol. The van der Waals surface area contributed by atoms with Crippen LogP contribution in [0.4, 0.5) is 0 Å². The van der Waals surface area contributed by atoms with Gasteiger partial charge in [-0.3, -0.25) is 4.79 Å². The van der Waals surface area contributed by atoms with Gasteiger partial charge in [0.2, 0.25) is 11.5 Å². The van der Waals surface area contributed by atoms with Gasteiger partial charge in [-0.25, -0.2) is 0 Å². The fourth-order valence-corrected chi connectivity index (χ4v) is 4.56. The number of benzene rings is 1. The van der Waals surface area contributed by atoms with Crippen molar-refractivity contribution in [2.45, 2.75) is 25.4 Å². The Morgan fingerprint density at radius 1 is 1.03 bits per heavy atom. The molecule has 1 aromatic rings. The minimum absolute atomic E-state index is 0.151. The topological polar surface area (TPSA) is 72.5 Å². The Morgan fingerprint density at radius 2 is 1.67 bits per heavy atom. The Kier molecular flexibility index (Phi) is 6.01. The van der Waals surface area contributed by atoms with Crippen molar-refractivity contribution in [2.24, 2.45) is 5.41 Å². The van der Waals surface area contributed by atoms with Crippen molar-refractivity contribution >= 4 is 5.78 Å². The molecule has 2 aliphatic rings. The molecule has 1 aliphatic carbocycles. The molecule has 0 N–H and O–H groups in total. The zero-order valence-corrected chi connectivity index (χ0v) is 18.2. The molecule has 1 aliphatic heterocycles. The molecular formula is C23H28O7. The molecule has 0 saturated carbocycles. The molecule has 0 radical (unpaired) electrons. The van der Waals surface area contributed by atoms with Crippen LogP contribution < -0.4 is 14.2 Å². The van der Waals surface area contributed by atoms with Crippen LogP contribution in [0, 0.1) is 5.41 Å². The van der Waals surface area contributed by atoms with Gasteiger partial charge >= 0.3 is 0 Å². The lowest BCUT2D eigenvalue weighted by Crippen LogP contribution is -2.33. The van der Waals surface area contributed by atoms with Crippen LogP contribution >= 0.6 is 0 Å². The summed E-state index contributed by atoms with van der Waals surface area (Å²) in [7, 11) is 7.64. The Bertz CT molecular complexity index is 889. The molecule has 0 amide bonds. The summed E-state index contributed by atoms with van der Waals surface area (Å²) < 4.78 is 33.6. The van der Waals surface area contributed by atoms with Crippen molar-refractivity contribution in [1.29, 1.82) is 0 Å². The first-order chi connectivity index (χ1) is 14.4. The fourth-order valence-electron chi connectivity index (χ4n) is 4.56. The highest BCUT2D eigenvalue weighted by Gasteiger charge is 2.57. The number of ketones is 1. The van der Waals surface area contributed by atoms with Crippen LogP contribution in [0.5, 0.6) is 17.2 Å². The summed E-state index contributed by atoms with van der Waals surface area (Å²) in [5.41, 5.74) is 0.196. The summed E-state index contributed by atoms with van der Waals surface area (Å²) in [5.74, 6) is 1.91. The predicted octanol–water partition coefficient (Wildman–Crippen LogP) is 3.75. The molecule has 0 aromatic heterocycles. The van der Waals surface area contributed by atoms with Crippen molar-refractivity contribution in [3.63, 3.8) is 0 Å². The van der Waals surface area contributed by atoms with Crippen molar-refractivity contribution in [1.82, 2.24) is 0 Å². The second-order valence-corrected chi connectivity index (χ2v) is 7.20. The number of carbonyl (C=O) groups is 1. The van der Waals surface area contributed by atoms with Gasteiger partial charge in [0.05, 0.1) is 41.0 Å². The number of Topliss-reactive ketones (excluding diaryl/α,β-unsaturated/α-hetero) is 1. The van der Waals surface area contributed by atoms with E-state index in [0.29, 0.717) is 29.4 Å². The molecule has 0 bridgehead atoms. The number of hydrogen-bond donors (Lipinski definition) is 0. The summed E-state index contributed by atoms with van der Waals surface area (Å²) in [6.07, 6.45) is 3.88. The van der Waals surface area contributed by atoms with Crippen molar-refractivity contribution in [3.8, 4) is 17.2 Å². The average Bonchev–Trinajstić information content (AvgIpc) is 3.03. The maximum atomic E-state index is 12.8. The van der Waals surface area contributed by atoms with Crippen LogP contribution in [0.15, 0.2) is 48.1 Å². The van der Waals surface area contributed by atoms with Crippen LogP contribution in [0.25, 0.3) is 0 Å². The lowest BCUT2D eigenvalue weighted by molar-refractivity contribution is -0.119. The minimum atomic E-state index is -0.712. The van der Waals surface area contributed by atoms with E-state index in [2.05, 4.69) is 6.58 Å². The molecule has 3 atom stereocenters. The van der Waals surface area contributed by atoms with E-state index < -0.39 is 5.41 Å². The Balaban J connectivity index is 2.29. The SMILES string of the molecule is C=CC[C@]12C=C(OC)C(=O)C(OC)=C1O[C@@H](C)[C@@H]2c1cc(OC)c(OC)c(OC)c1. The van der Waals surface area contributed by atoms with Crippen LogP contribution in [-0.4, -0.2) is 47.4 Å². The van der Waals surface area contributed by atoms with Crippen molar-refractivity contribution < 1.29 is 33.2 Å². The van der Waals surface area contributed by atoms with E-state index in [4.69, 9.17) is 28.4 Å². The van der Waals surface area contributed by atoms with Gasteiger partial charge in [0.1, 0.15) is 6.10 Å². The third-order valence-corrected chi connectivity index (χ3v) is 5.73. The number of fused-ring (bicyclic) bond motifs is 1. The lowest BCUT2D eigenvalue weighted by Gasteiger charge is -2.35. The number of ether oxygens (including phenoxy) is 6. The molecule has 0 unspecified atom stereocenters. The Labute approximate surface area is 176 Å². The number of hydrogen-bond acceptors (Lipinski definition) is 7. The zero-order chi connectivity index (χ0) is 22.1. The summed E-state index contributed by atoms with van der Waals surface area (Å²) in [4.78, 5) is 12.8. The highest BCUT2D eigenvalue weighted by Crippen LogP contribution is 2.59. The molecule has 1 saturated heterocycles. The highest BCUT2D eigenvalue weighted by atomic mass is 16.5. The van der Waals surface area contributed by atoms with Gasteiger partial charge in [-0.05, 0) is 37.1 Å². The molecule has 1 aromatic carbocycles. The van der Waals surface area contributed by atoms with Gasteiger partial charge in [-0.15, -0.1) is 6.58 Å². The molecule has 162 valence electrons. The first kappa shape index (κ1) is 21.6. The Hall–Kier alpha value is -3.09. The number of carbonyl (C=O) groups excluding carboxylic acids is 1.